The molecule has 0 radical (unpaired) electrons. The predicted octanol–water partition coefficient (Wildman–Crippen LogP) is 2.64. The summed E-state index contributed by atoms with van der Waals surface area (Å²) in [6, 6.07) is 7.91. The fraction of sp³-hybridized carbons (Fsp3) is 0.400. The fourth-order valence-corrected chi connectivity index (χ4v) is 1.77. The van der Waals surface area contributed by atoms with E-state index in [1.165, 1.54) is 5.56 Å². The summed E-state index contributed by atoms with van der Waals surface area (Å²) in [5, 5.41) is 16.2. The van der Waals surface area contributed by atoms with E-state index in [1.807, 2.05) is 24.3 Å². The second-order valence-corrected chi connectivity index (χ2v) is 5.71. The molecule has 0 aliphatic rings. The number of hydrogen-bond donors (Lipinski definition) is 1. The van der Waals surface area contributed by atoms with E-state index in [0.29, 0.717) is 5.89 Å². The Labute approximate surface area is 122 Å². The number of rotatable bonds is 5. The van der Waals surface area contributed by atoms with Gasteiger partial charge in [-0.15, -0.1) is 10.2 Å². The van der Waals surface area contributed by atoms with Gasteiger partial charge in [0.15, 0.2) is 0 Å². The van der Waals surface area contributed by atoms with Crippen molar-refractivity contribution in [1.82, 2.24) is 10.2 Å². The molecule has 1 N–H and O–H groups in total. The number of carboxylic acids is 1. The molecule has 2 rings (SSSR count). The molecule has 2 aromatic rings. The van der Waals surface area contributed by atoms with Crippen LogP contribution in [-0.4, -0.2) is 27.9 Å². The van der Waals surface area contributed by atoms with Crippen LogP contribution in [0.1, 0.15) is 32.2 Å². The molecule has 0 fully saturated rings. The van der Waals surface area contributed by atoms with Crippen LogP contribution in [0.3, 0.4) is 0 Å². The summed E-state index contributed by atoms with van der Waals surface area (Å²) in [5.74, 6) is -0.386. The van der Waals surface area contributed by atoms with E-state index in [1.54, 1.807) is 0 Å². The van der Waals surface area contributed by atoms with E-state index >= 15 is 0 Å². The topological polar surface area (TPSA) is 85.5 Å². The first-order valence-corrected chi connectivity index (χ1v) is 6.59. The maximum Gasteiger partial charge on any atom is 0.329 e. The number of aliphatic carboxylic acids is 1. The largest absolute Gasteiger partial charge is 0.480 e. The zero-order valence-electron chi connectivity index (χ0n) is 12.3. The summed E-state index contributed by atoms with van der Waals surface area (Å²) in [4.78, 5) is 10.3. The number of ether oxygens (including phenoxy) is 1. The Morgan fingerprint density at radius 1 is 1.24 bits per heavy atom. The quantitative estimate of drug-likeness (QED) is 0.911. The molecule has 6 nitrogen and oxygen atoms in total. The lowest BCUT2D eigenvalue weighted by molar-refractivity contribution is -0.142. The van der Waals surface area contributed by atoms with Gasteiger partial charge in [-0.05, 0) is 23.1 Å². The minimum absolute atomic E-state index is 0.0145. The number of hydrogen-bond acceptors (Lipinski definition) is 5. The number of carboxylic acid groups (broad SMARTS) is 1. The van der Waals surface area contributed by atoms with E-state index in [0.717, 1.165) is 5.56 Å². The van der Waals surface area contributed by atoms with Crippen molar-refractivity contribution in [2.45, 2.75) is 32.8 Å². The molecule has 0 amide bonds. The van der Waals surface area contributed by atoms with Crippen molar-refractivity contribution in [2.75, 3.05) is 6.61 Å². The molecule has 6 heteroatoms. The summed E-state index contributed by atoms with van der Waals surface area (Å²) >= 11 is 0. The van der Waals surface area contributed by atoms with E-state index in [4.69, 9.17) is 14.3 Å². The summed E-state index contributed by atoms with van der Waals surface area (Å²) in [6.45, 7) is 6.03. The second-order valence-electron chi connectivity index (χ2n) is 5.71. The lowest BCUT2D eigenvalue weighted by Gasteiger charge is -2.18. The molecule has 0 aliphatic carbocycles. The maximum atomic E-state index is 10.3. The second kappa shape index (κ2) is 6.05. The van der Waals surface area contributed by atoms with Crippen molar-refractivity contribution >= 4 is 5.97 Å². The Hall–Kier alpha value is -2.21. The first-order valence-electron chi connectivity index (χ1n) is 6.59. The molecule has 0 saturated carbocycles. The van der Waals surface area contributed by atoms with Gasteiger partial charge >= 0.3 is 5.97 Å². The smallest absolute Gasteiger partial charge is 0.329 e. The summed E-state index contributed by atoms with van der Waals surface area (Å²) in [6.07, 6.45) is 0. The van der Waals surface area contributed by atoms with Gasteiger partial charge in [0.05, 0.1) is 0 Å². The average Bonchev–Trinajstić information content (AvgIpc) is 2.86. The first-order chi connectivity index (χ1) is 9.86. The minimum Gasteiger partial charge on any atom is -0.480 e. The Morgan fingerprint density at radius 2 is 1.90 bits per heavy atom. The van der Waals surface area contributed by atoms with E-state index in [2.05, 4.69) is 31.0 Å². The molecule has 21 heavy (non-hydrogen) atoms. The van der Waals surface area contributed by atoms with Gasteiger partial charge in [0.25, 0.3) is 0 Å². The van der Waals surface area contributed by atoms with Crippen molar-refractivity contribution in [2.24, 2.45) is 0 Å². The fourth-order valence-electron chi connectivity index (χ4n) is 1.77. The number of nitrogens with zero attached hydrogens (tertiary/aromatic N) is 2. The third-order valence-corrected chi connectivity index (χ3v) is 2.92. The van der Waals surface area contributed by atoms with Crippen molar-refractivity contribution in [3.8, 4) is 11.5 Å². The van der Waals surface area contributed by atoms with Gasteiger partial charge in [-0.25, -0.2) is 4.79 Å². The molecule has 0 bridgehead atoms. The lowest BCUT2D eigenvalue weighted by Crippen LogP contribution is -2.10. The van der Waals surface area contributed by atoms with Gasteiger partial charge in [-0.2, -0.15) is 0 Å². The highest BCUT2D eigenvalue weighted by Crippen LogP contribution is 2.25. The van der Waals surface area contributed by atoms with Crippen molar-refractivity contribution in [3.05, 3.63) is 35.7 Å². The Balaban J connectivity index is 2.05. The molecule has 1 aromatic heterocycles. The molecule has 1 heterocycles. The molecule has 0 spiro atoms. The van der Waals surface area contributed by atoms with Crippen LogP contribution < -0.4 is 0 Å². The van der Waals surface area contributed by atoms with Crippen LogP contribution in [0.15, 0.2) is 28.7 Å². The molecular weight excluding hydrogens is 272 g/mol. The zero-order valence-corrected chi connectivity index (χ0v) is 12.3. The van der Waals surface area contributed by atoms with Crippen LogP contribution in [0.5, 0.6) is 0 Å². The van der Waals surface area contributed by atoms with Gasteiger partial charge in [0.1, 0.15) is 13.2 Å². The molecule has 0 atom stereocenters. The monoisotopic (exact) mass is 290 g/mol. The molecular formula is C15H18N2O4. The Kier molecular flexibility index (Phi) is 4.37. The molecule has 1 aromatic carbocycles. The van der Waals surface area contributed by atoms with Crippen LogP contribution in [0.25, 0.3) is 11.5 Å². The Morgan fingerprint density at radius 3 is 2.48 bits per heavy atom. The SMILES string of the molecule is CC(C)(C)c1ccc(-c2nnc(COCC(=O)O)o2)cc1. The van der Waals surface area contributed by atoms with Crippen LogP contribution in [0.2, 0.25) is 0 Å². The van der Waals surface area contributed by atoms with Crippen LogP contribution >= 0.6 is 0 Å². The average molecular weight is 290 g/mol. The van der Waals surface area contributed by atoms with Gasteiger partial charge < -0.3 is 14.3 Å². The van der Waals surface area contributed by atoms with E-state index < -0.39 is 12.6 Å². The van der Waals surface area contributed by atoms with Crippen LogP contribution in [0.4, 0.5) is 0 Å². The third-order valence-electron chi connectivity index (χ3n) is 2.92. The van der Waals surface area contributed by atoms with Gasteiger partial charge in [0, 0.05) is 5.56 Å². The van der Waals surface area contributed by atoms with Crippen LogP contribution in [-0.2, 0) is 21.6 Å². The Bertz CT molecular complexity index is 611. The highest BCUT2D eigenvalue weighted by molar-refractivity contribution is 5.67. The number of aromatic nitrogens is 2. The number of benzene rings is 1. The van der Waals surface area contributed by atoms with Crippen molar-refractivity contribution in [1.29, 1.82) is 0 Å². The van der Waals surface area contributed by atoms with Gasteiger partial charge in [-0.1, -0.05) is 32.9 Å². The predicted molar refractivity (Wildman–Crippen MR) is 75.7 cm³/mol. The van der Waals surface area contributed by atoms with Gasteiger partial charge in [0.2, 0.25) is 11.8 Å². The van der Waals surface area contributed by atoms with Gasteiger partial charge in [-0.3, -0.25) is 0 Å². The first kappa shape index (κ1) is 15.2. The third kappa shape index (κ3) is 4.13. The highest BCUT2D eigenvalue weighted by Gasteiger charge is 2.14. The summed E-state index contributed by atoms with van der Waals surface area (Å²) in [5.41, 5.74) is 2.12. The lowest BCUT2D eigenvalue weighted by atomic mass is 9.87. The standard InChI is InChI=1S/C15H18N2O4/c1-15(2,3)11-6-4-10(5-7-11)14-17-16-12(21-14)8-20-9-13(18)19/h4-7H,8-9H2,1-3H3,(H,18,19). The molecule has 0 saturated heterocycles. The molecule has 112 valence electrons. The normalized spacial score (nSPS) is 11.6. The minimum atomic E-state index is -1.03. The van der Waals surface area contributed by atoms with E-state index in [-0.39, 0.29) is 17.9 Å². The van der Waals surface area contributed by atoms with Crippen LogP contribution in [0, 0.1) is 0 Å². The van der Waals surface area contributed by atoms with Crippen molar-refractivity contribution in [3.63, 3.8) is 0 Å². The maximum absolute atomic E-state index is 10.3. The zero-order chi connectivity index (χ0) is 15.5. The molecule has 0 aliphatic heterocycles. The summed E-state index contributed by atoms with van der Waals surface area (Å²) < 4.78 is 10.3. The summed E-state index contributed by atoms with van der Waals surface area (Å²) in [7, 11) is 0. The molecule has 0 unspecified atom stereocenters. The van der Waals surface area contributed by atoms with Crippen molar-refractivity contribution < 1.29 is 19.1 Å². The van der Waals surface area contributed by atoms with E-state index in [9.17, 15) is 4.79 Å². The highest BCUT2D eigenvalue weighted by atomic mass is 16.5. The number of carbonyl (C=O) groups is 1.